The van der Waals surface area contributed by atoms with Crippen LogP contribution in [-0.2, 0) is 10.4 Å². The van der Waals surface area contributed by atoms with E-state index in [2.05, 4.69) is 0 Å². The lowest BCUT2D eigenvalue weighted by atomic mass is 9.86. The zero-order chi connectivity index (χ0) is 15.6. The Bertz CT molecular complexity index is 718. The van der Waals surface area contributed by atoms with Crippen LogP contribution in [0.2, 0.25) is 0 Å². The molecule has 2 N–H and O–H groups in total. The standard InChI is InChI=1S/C14H10FNO5/c15-11-5-1-3-9(7-11)14(19,13(17)18)10-4-2-6-12(8-10)16(20)21/h1-8,19H,(H,17,18). The largest absolute Gasteiger partial charge is 0.479 e. The Morgan fingerprint density at radius 3 is 2.24 bits per heavy atom. The molecule has 0 aliphatic heterocycles. The molecular formula is C14H10FNO5. The monoisotopic (exact) mass is 291 g/mol. The average molecular weight is 291 g/mol. The molecule has 0 spiro atoms. The van der Waals surface area contributed by atoms with Crippen molar-refractivity contribution in [3.8, 4) is 0 Å². The van der Waals surface area contributed by atoms with Crippen LogP contribution in [0.15, 0.2) is 48.5 Å². The molecule has 0 radical (unpaired) electrons. The van der Waals surface area contributed by atoms with E-state index in [0.717, 1.165) is 24.3 Å². The Hall–Kier alpha value is -2.80. The van der Waals surface area contributed by atoms with Gasteiger partial charge in [0, 0.05) is 23.3 Å². The second-order valence-corrected chi connectivity index (χ2v) is 4.33. The van der Waals surface area contributed by atoms with E-state index in [1.54, 1.807) is 0 Å². The summed E-state index contributed by atoms with van der Waals surface area (Å²) in [7, 11) is 0. The smallest absolute Gasteiger partial charge is 0.345 e. The maximum absolute atomic E-state index is 13.3. The summed E-state index contributed by atoms with van der Waals surface area (Å²) in [6.07, 6.45) is 0. The van der Waals surface area contributed by atoms with Crippen molar-refractivity contribution in [3.05, 3.63) is 75.6 Å². The summed E-state index contributed by atoms with van der Waals surface area (Å²) in [4.78, 5) is 21.5. The fraction of sp³-hybridized carbons (Fsp3) is 0.0714. The summed E-state index contributed by atoms with van der Waals surface area (Å²) in [6, 6.07) is 9.03. The molecule has 1 unspecified atom stereocenters. The lowest BCUT2D eigenvalue weighted by Crippen LogP contribution is -2.37. The zero-order valence-corrected chi connectivity index (χ0v) is 10.6. The molecule has 0 aliphatic rings. The molecule has 2 aromatic carbocycles. The lowest BCUT2D eigenvalue weighted by molar-refractivity contribution is -0.385. The van der Waals surface area contributed by atoms with Crippen LogP contribution in [0, 0.1) is 15.9 Å². The first-order valence-corrected chi connectivity index (χ1v) is 5.82. The molecule has 0 saturated heterocycles. The number of carbonyl (C=O) groups is 1. The molecule has 0 saturated carbocycles. The van der Waals surface area contributed by atoms with Crippen LogP contribution < -0.4 is 0 Å². The van der Waals surface area contributed by atoms with Gasteiger partial charge in [-0.25, -0.2) is 9.18 Å². The Kier molecular flexibility index (Phi) is 3.68. The molecule has 0 bridgehead atoms. The van der Waals surface area contributed by atoms with Crippen LogP contribution in [0.1, 0.15) is 11.1 Å². The second kappa shape index (κ2) is 5.29. The molecule has 0 fully saturated rings. The van der Waals surface area contributed by atoms with Crippen LogP contribution in [0.3, 0.4) is 0 Å². The van der Waals surface area contributed by atoms with Gasteiger partial charge in [-0.1, -0.05) is 24.3 Å². The summed E-state index contributed by atoms with van der Waals surface area (Å²) >= 11 is 0. The fourth-order valence-electron chi connectivity index (χ4n) is 1.97. The highest BCUT2D eigenvalue weighted by molar-refractivity contribution is 5.84. The minimum Gasteiger partial charge on any atom is -0.479 e. The average Bonchev–Trinajstić information content (AvgIpc) is 2.46. The van der Waals surface area contributed by atoms with Gasteiger partial charge in [0.05, 0.1) is 4.92 Å². The highest BCUT2D eigenvalue weighted by atomic mass is 19.1. The molecule has 2 aromatic rings. The summed E-state index contributed by atoms with van der Waals surface area (Å²) in [5, 5.41) is 30.5. The predicted octanol–water partition coefficient (Wildman–Crippen LogP) is 2.05. The number of nitro benzene ring substituents is 1. The first-order valence-electron chi connectivity index (χ1n) is 5.82. The molecule has 21 heavy (non-hydrogen) atoms. The van der Waals surface area contributed by atoms with E-state index in [1.165, 1.54) is 24.3 Å². The van der Waals surface area contributed by atoms with Gasteiger partial charge in [-0.05, 0) is 12.1 Å². The molecule has 0 aliphatic carbocycles. The van der Waals surface area contributed by atoms with Crippen molar-refractivity contribution < 1.29 is 24.3 Å². The molecule has 0 aromatic heterocycles. The normalized spacial score (nSPS) is 13.4. The zero-order valence-electron chi connectivity index (χ0n) is 10.6. The van der Waals surface area contributed by atoms with E-state index >= 15 is 0 Å². The first kappa shape index (κ1) is 14.6. The molecule has 0 heterocycles. The predicted molar refractivity (Wildman–Crippen MR) is 70.1 cm³/mol. The van der Waals surface area contributed by atoms with Crippen LogP contribution in [-0.4, -0.2) is 21.1 Å². The van der Waals surface area contributed by atoms with E-state index in [0.29, 0.717) is 0 Å². The number of benzene rings is 2. The summed E-state index contributed by atoms with van der Waals surface area (Å²) in [5.41, 5.74) is -3.40. The van der Waals surface area contributed by atoms with Crippen LogP contribution in [0.5, 0.6) is 0 Å². The van der Waals surface area contributed by atoms with E-state index < -0.39 is 22.3 Å². The maximum atomic E-state index is 13.3. The number of non-ortho nitro benzene ring substituents is 1. The number of nitro groups is 1. The first-order chi connectivity index (χ1) is 9.85. The number of hydrogen-bond acceptors (Lipinski definition) is 4. The second-order valence-electron chi connectivity index (χ2n) is 4.33. The Morgan fingerprint density at radius 1 is 1.14 bits per heavy atom. The quantitative estimate of drug-likeness (QED) is 0.663. The molecule has 7 heteroatoms. The third-order valence-electron chi connectivity index (χ3n) is 3.03. The van der Waals surface area contributed by atoms with Gasteiger partial charge in [0.25, 0.3) is 5.69 Å². The minimum absolute atomic E-state index is 0.226. The van der Waals surface area contributed by atoms with Gasteiger partial charge in [-0.2, -0.15) is 0 Å². The highest BCUT2D eigenvalue weighted by Crippen LogP contribution is 2.32. The van der Waals surface area contributed by atoms with Crippen LogP contribution in [0.4, 0.5) is 10.1 Å². The maximum Gasteiger partial charge on any atom is 0.345 e. The number of aliphatic hydroxyl groups is 1. The molecule has 6 nitrogen and oxygen atoms in total. The van der Waals surface area contributed by atoms with Crippen molar-refractivity contribution in [2.75, 3.05) is 0 Å². The van der Waals surface area contributed by atoms with Gasteiger partial charge >= 0.3 is 5.97 Å². The van der Waals surface area contributed by atoms with Gasteiger partial charge in [-0.15, -0.1) is 0 Å². The molecule has 2 rings (SSSR count). The number of halogens is 1. The number of hydrogen-bond donors (Lipinski definition) is 2. The number of carboxylic acids is 1. The molecule has 0 amide bonds. The SMILES string of the molecule is O=C(O)C(O)(c1cccc(F)c1)c1cccc([N+](=O)[O-])c1. The third kappa shape index (κ3) is 2.59. The van der Waals surface area contributed by atoms with Gasteiger partial charge in [0.1, 0.15) is 5.82 Å². The van der Waals surface area contributed by atoms with Gasteiger partial charge in [0.2, 0.25) is 5.60 Å². The third-order valence-corrected chi connectivity index (χ3v) is 3.03. The Balaban J connectivity index is 2.65. The number of nitrogens with zero attached hydrogens (tertiary/aromatic N) is 1. The van der Waals surface area contributed by atoms with Crippen molar-refractivity contribution in [1.82, 2.24) is 0 Å². The van der Waals surface area contributed by atoms with E-state index in [-0.39, 0.29) is 16.8 Å². The van der Waals surface area contributed by atoms with Crippen molar-refractivity contribution >= 4 is 11.7 Å². The summed E-state index contributed by atoms with van der Waals surface area (Å²) in [6.45, 7) is 0. The van der Waals surface area contributed by atoms with Crippen LogP contribution >= 0.6 is 0 Å². The molecular weight excluding hydrogens is 281 g/mol. The minimum atomic E-state index is -2.58. The Labute approximate surface area is 118 Å². The molecule has 1 atom stereocenters. The van der Waals surface area contributed by atoms with Gasteiger partial charge in [-0.3, -0.25) is 10.1 Å². The van der Waals surface area contributed by atoms with E-state index in [4.69, 9.17) is 0 Å². The molecule has 108 valence electrons. The highest BCUT2D eigenvalue weighted by Gasteiger charge is 2.41. The van der Waals surface area contributed by atoms with Crippen molar-refractivity contribution in [2.24, 2.45) is 0 Å². The van der Waals surface area contributed by atoms with E-state index in [9.17, 15) is 29.5 Å². The fourth-order valence-corrected chi connectivity index (χ4v) is 1.97. The Morgan fingerprint density at radius 2 is 1.71 bits per heavy atom. The van der Waals surface area contributed by atoms with Crippen molar-refractivity contribution in [1.29, 1.82) is 0 Å². The lowest BCUT2D eigenvalue weighted by Gasteiger charge is -2.24. The number of rotatable bonds is 4. The van der Waals surface area contributed by atoms with Crippen molar-refractivity contribution in [3.63, 3.8) is 0 Å². The number of carboxylic acid groups (broad SMARTS) is 1. The summed E-state index contributed by atoms with van der Waals surface area (Å²) < 4.78 is 13.3. The van der Waals surface area contributed by atoms with E-state index in [1.807, 2.05) is 0 Å². The number of aliphatic carboxylic acids is 1. The van der Waals surface area contributed by atoms with Gasteiger partial charge < -0.3 is 10.2 Å². The topological polar surface area (TPSA) is 101 Å². The van der Waals surface area contributed by atoms with Crippen LogP contribution in [0.25, 0.3) is 0 Å². The summed E-state index contributed by atoms with van der Waals surface area (Å²) in [5.74, 6) is -2.38. The van der Waals surface area contributed by atoms with Crippen molar-refractivity contribution in [2.45, 2.75) is 5.60 Å². The van der Waals surface area contributed by atoms with Gasteiger partial charge in [0.15, 0.2) is 0 Å².